The van der Waals surface area contributed by atoms with Crippen molar-refractivity contribution >= 4 is 16.7 Å². The maximum Gasteiger partial charge on any atom is 0.273 e. The molecule has 5 rings (SSSR count). The molecule has 6 nitrogen and oxygen atoms in total. The summed E-state index contributed by atoms with van der Waals surface area (Å²) in [6.07, 6.45) is 8.04. The van der Waals surface area contributed by atoms with Crippen LogP contribution in [0.4, 0.5) is 4.39 Å². The van der Waals surface area contributed by atoms with Gasteiger partial charge in [0.15, 0.2) is 5.78 Å². The van der Waals surface area contributed by atoms with E-state index < -0.39 is 0 Å². The van der Waals surface area contributed by atoms with Crippen LogP contribution in [0.1, 0.15) is 29.8 Å². The lowest BCUT2D eigenvalue weighted by Gasteiger charge is -2.14. The van der Waals surface area contributed by atoms with E-state index in [2.05, 4.69) is 27.1 Å². The Morgan fingerprint density at radius 1 is 0.946 bits per heavy atom. The summed E-state index contributed by atoms with van der Waals surface area (Å²) in [7, 11) is 0. The Kier molecular flexibility index (Phi) is 7.31. The van der Waals surface area contributed by atoms with Gasteiger partial charge in [0.25, 0.3) is 5.56 Å². The fourth-order valence-electron chi connectivity index (χ4n) is 4.51. The number of ketones is 1. The summed E-state index contributed by atoms with van der Waals surface area (Å²) >= 11 is 0. The number of aromatic amines is 1. The van der Waals surface area contributed by atoms with E-state index >= 15 is 0 Å². The molecule has 3 heterocycles. The van der Waals surface area contributed by atoms with Gasteiger partial charge in [0.05, 0.1) is 18.4 Å². The summed E-state index contributed by atoms with van der Waals surface area (Å²) in [4.78, 5) is 38.4. The molecule has 0 saturated carbocycles. The van der Waals surface area contributed by atoms with Crippen LogP contribution in [0, 0.1) is 5.82 Å². The third kappa shape index (κ3) is 5.89. The molecule has 1 N–H and O–H groups in total. The third-order valence-electron chi connectivity index (χ3n) is 6.47. The highest BCUT2D eigenvalue weighted by molar-refractivity contribution is 5.81. The lowest BCUT2D eigenvalue weighted by molar-refractivity contribution is -0.119. The Hall–Kier alpha value is -4.39. The number of aryl methyl sites for hydroxylation is 3. The van der Waals surface area contributed by atoms with Gasteiger partial charge in [-0.2, -0.15) is 0 Å². The normalized spacial score (nSPS) is 11.2. The number of rotatable bonds is 10. The summed E-state index contributed by atoms with van der Waals surface area (Å²) in [5.74, 6) is -0.434. The van der Waals surface area contributed by atoms with E-state index in [1.165, 1.54) is 22.3 Å². The minimum atomic E-state index is -0.368. The highest BCUT2D eigenvalue weighted by Crippen LogP contribution is 2.19. The minimum Gasteiger partial charge on any atom is -0.358 e. The van der Waals surface area contributed by atoms with E-state index in [0.29, 0.717) is 29.8 Å². The number of carbonyl (C=O) groups excluding carboxylic acids is 1. The molecule has 0 fully saturated rings. The van der Waals surface area contributed by atoms with Crippen molar-refractivity contribution in [1.82, 2.24) is 19.5 Å². The quantitative estimate of drug-likeness (QED) is 0.286. The second-order valence-corrected chi connectivity index (χ2v) is 9.12. The highest BCUT2D eigenvalue weighted by Gasteiger charge is 2.16. The van der Waals surface area contributed by atoms with Gasteiger partial charge in [-0.05, 0) is 67.6 Å². The van der Waals surface area contributed by atoms with E-state index in [0.717, 1.165) is 29.4 Å². The summed E-state index contributed by atoms with van der Waals surface area (Å²) in [5.41, 5.74) is 4.41. The minimum absolute atomic E-state index is 0.0660. The maximum atomic E-state index is 13.5. The number of aromatic nitrogens is 4. The topological polar surface area (TPSA) is 80.6 Å². The Labute approximate surface area is 213 Å². The van der Waals surface area contributed by atoms with E-state index in [1.54, 1.807) is 30.7 Å². The molecule has 0 saturated heterocycles. The molecule has 0 aliphatic carbocycles. The molecule has 0 unspecified atom stereocenters. The molecular formula is C30H27FN4O2. The van der Waals surface area contributed by atoms with Crippen LogP contribution in [0.15, 0.2) is 90.1 Å². The van der Waals surface area contributed by atoms with Crippen molar-refractivity contribution in [1.29, 1.82) is 0 Å². The number of hydrogen-bond acceptors (Lipinski definition) is 4. The monoisotopic (exact) mass is 494 g/mol. The molecule has 186 valence electrons. The van der Waals surface area contributed by atoms with E-state index in [9.17, 15) is 14.0 Å². The summed E-state index contributed by atoms with van der Waals surface area (Å²) in [5, 5.41) is 0.994. The first-order valence-electron chi connectivity index (χ1n) is 12.4. The number of fused-ring (bicyclic) bond motifs is 1. The van der Waals surface area contributed by atoms with Crippen LogP contribution in [0.5, 0.6) is 0 Å². The molecule has 0 spiro atoms. The van der Waals surface area contributed by atoms with Crippen molar-refractivity contribution in [2.24, 2.45) is 0 Å². The summed E-state index contributed by atoms with van der Waals surface area (Å²) < 4.78 is 15.0. The van der Waals surface area contributed by atoms with Crippen LogP contribution in [0.25, 0.3) is 22.2 Å². The van der Waals surface area contributed by atoms with Gasteiger partial charge >= 0.3 is 0 Å². The number of pyridine rings is 1. The van der Waals surface area contributed by atoms with Crippen LogP contribution in [-0.4, -0.2) is 25.3 Å². The van der Waals surface area contributed by atoms with Crippen LogP contribution in [-0.2, 0) is 30.6 Å². The molecule has 2 aromatic carbocycles. The number of carbonyl (C=O) groups is 1. The van der Waals surface area contributed by atoms with Crippen molar-refractivity contribution in [2.75, 3.05) is 0 Å². The van der Waals surface area contributed by atoms with Crippen LogP contribution < -0.4 is 5.56 Å². The molecule has 5 aromatic rings. The molecule has 0 amide bonds. The number of benzene rings is 2. The average Bonchev–Trinajstić information content (AvgIpc) is 3.34. The zero-order valence-corrected chi connectivity index (χ0v) is 20.4. The van der Waals surface area contributed by atoms with Crippen molar-refractivity contribution < 1.29 is 9.18 Å². The standard InChI is InChI=1S/C30H27FN4O2/c31-24-11-9-22(10-12-24)29-19-33-28(8-4-7-21-5-2-1-3-6-21)30(37)35(29)20-26(36)14-13-25-17-23-18-32-16-15-27(23)34-25/h1-3,5-6,9-12,15-19,34H,4,7-8,13-14,20H2. The second kappa shape index (κ2) is 11.1. The third-order valence-corrected chi connectivity index (χ3v) is 6.47. The molecule has 37 heavy (non-hydrogen) atoms. The smallest absolute Gasteiger partial charge is 0.273 e. The molecule has 0 aliphatic heterocycles. The van der Waals surface area contributed by atoms with Crippen LogP contribution >= 0.6 is 0 Å². The molecule has 0 aliphatic rings. The molecule has 7 heteroatoms. The molecule has 0 bridgehead atoms. The van der Waals surface area contributed by atoms with E-state index in [1.807, 2.05) is 30.3 Å². The van der Waals surface area contributed by atoms with Crippen molar-refractivity contribution in [3.05, 3.63) is 118 Å². The van der Waals surface area contributed by atoms with Crippen molar-refractivity contribution in [3.63, 3.8) is 0 Å². The van der Waals surface area contributed by atoms with Crippen LogP contribution in [0.2, 0.25) is 0 Å². The van der Waals surface area contributed by atoms with Gasteiger partial charge in [-0.3, -0.25) is 24.1 Å². The lowest BCUT2D eigenvalue weighted by atomic mass is 10.1. The number of hydrogen-bond donors (Lipinski definition) is 1. The van der Waals surface area contributed by atoms with Crippen molar-refractivity contribution in [3.8, 4) is 11.3 Å². The van der Waals surface area contributed by atoms with Gasteiger partial charge in [-0.25, -0.2) is 4.39 Å². The molecule has 0 radical (unpaired) electrons. The Bertz CT molecular complexity index is 1540. The predicted molar refractivity (Wildman–Crippen MR) is 142 cm³/mol. The average molecular weight is 495 g/mol. The van der Waals surface area contributed by atoms with Crippen LogP contribution in [0.3, 0.4) is 0 Å². The molecule has 3 aromatic heterocycles. The first-order valence-corrected chi connectivity index (χ1v) is 12.4. The molecule has 0 atom stereocenters. The number of nitrogens with zero attached hydrogens (tertiary/aromatic N) is 3. The van der Waals surface area contributed by atoms with Crippen molar-refractivity contribution in [2.45, 2.75) is 38.6 Å². The largest absolute Gasteiger partial charge is 0.358 e. The predicted octanol–water partition coefficient (Wildman–Crippen LogP) is 5.30. The highest BCUT2D eigenvalue weighted by atomic mass is 19.1. The first kappa shape index (κ1) is 24.3. The number of nitrogens with one attached hydrogen (secondary N) is 1. The Morgan fingerprint density at radius 2 is 1.76 bits per heavy atom. The van der Waals surface area contributed by atoms with Gasteiger partial charge in [0, 0.05) is 41.0 Å². The second-order valence-electron chi connectivity index (χ2n) is 9.12. The fraction of sp³-hybridized carbons (Fsp3) is 0.200. The molecular weight excluding hydrogens is 467 g/mol. The van der Waals surface area contributed by atoms with Gasteiger partial charge in [0.2, 0.25) is 0 Å². The first-order chi connectivity index (χ1) is 18.1. The fourth-order valence-corrected chi connectivity index (χ4v) is 4.51. The van der Waals surface area contributed by atoms with Gasteiger partial charge in [0.1, 0.15) is 11.5 Å². The van der Waals surface area contributed by atoms with Gasteiger partial charge in [-0.15, -0.1) is 0 Å². The Morgan fingerprint density at radius 3 is 2.54 bits per heavy atom. The number of Topliss-reactive ketones (excluding diaryl/α,β-unsaturated/α-hetero) is 1. The lowest BCUT2D eigenvalue weighted by Crippen LogP contribution is -2.29. The Balaban J connectivity index is 1.35. The number of halogens is 1. The van der Waals surface area contributed by atoms with E-state index in [-0.39, 0.29) is 30.1 Å². The maximum absolute atomic E-state index is 13.5. The van der Waals surface area contributed by atoms with Gasteiger partial charge in [-0.1, -0.05) is 30.3 Å². The zero-order chi connectivity index (χ0) is 25.6. The number of H-pyrrole nitrogens is 1. The van der Waals surface area contributed by atoms with E-state index in [4.69, 9.17) is 0 Å². The van der Waals surface area contributed by atoms with Gasteiger partial charge < -0.3 is 4.98 Å². The zero-order valence-electron chi connectivity index (χ0n) is 20.4. The SMILES string of the molecule is O=C(CCc1cc2cnccc2[nH]1)Cn1c(-c2ccc(F)cc2)cnc(CCCc2ccccc2)c1=O. The summed E-state index contributed by atoms with van der Waals surface area (Å²) in [6, 6.07) is 19.8. The summed E-state index contributed by atoms with van der Waals surface area (Å²) in [6.45, 7) is -0.0679.